The lowest BCUT2D eigenvalue weighted by Gasteiger charge is -2.30. The summed E-state index contributed by atoms with van der Waals surface area (Å²) in [6, 6.07) is 1.39. The van der Waals surface area contributed by atoms with Crippen LogP contribution >= 0.6 is 0 Å². The van der Waals surface area contributed by atoms with Gasteiger partial charge in [-0.05, 0) is 13.0 Å². The second-order valence-electron chi connectivity index (χ2n) is 3.31. The number of methoxy groups -OCH3 is 2. The number of nitrogens with zero attached hydrogens (tertiary/aromatic N) is 1. The van der Waals surface area contributed by atoms with Gasteiger partial charge in [0.25, 0.3) is 0 Å². The molecule has 0 aliphatic heterocycles. The van der Waals surface area contributed by atoms with Crippen molar-refractivity contribution < 1.29 is 19.0 Å². The first kappa shape index (κ1) is 12.0. The summed E-state index contributed by atoms with van der Waals surface area (Å²) in [5, 5.41) is 10.1. The zero-order valence-electron chi connectivity index (χ0n) is 8.90. The van der Waals surface area contributed by atoms with Crippen LogP contribution in [0.5, 0.6) is 0 Å². The van der Waals surface area contributed by atoms with Gasteiger partial charge in [-0.2, -0.15) is 0 Å². The van der Waals surface area contributed by atoms with E-state index in [0.717, 1.165) is 6.20 Å². The molecule has 0 radical (unpaired) electrons. The number of ether oxygens (including phenoxy) is 2. The van der Waals surface area contributed by atoms with E-state index in [0.29, 0.717) is 0 Å². The molecule has 1 aromatic heterocycles. The third-order valence-corrected chi connectivity index (χ3v) is 2.20. The molecule has 0 aromatic carbocycles. The van der Waals surface area contributed by atoms with Gasteiger partial charge in [0.1, 0.15) is 11.4 Å². The van der Waals surface area contributed by atoms with Gasteiger partial charge in [0.2, 0.25) is 0 Å². The van der Waals surface area contributed by atoms with E-state index in [1.165, 1.54) is 33.4 Å². The second-order valence-corrected chi connectivity index (χ2v) is 3.31. The van der Waals surface area contributed by atoms with Crippen LogP contribution in [-0.2, 0) is 15.1 Å². The molecule has 4 nitrogen and oxygen atoms in total. The van der Waals surface area contributed by atoms with Crippen molar-refractivity contribution >= 4 is 0 Å². The minimum absolute atomic E-state index is 0.0891. The topological polar surface area (TPSA) is 51.6 Å². The summed E-state index contributed by atoms with van der Waals surface area (Å²) < 4.78 is 23.2. The lowest BCUT2D eigenvalue weighted by atomic mass is 9.96. The van der Waals surface area contributed by atoms with Crippen LogP contribution in [0.15, 0.2) is 18.5 Å². The molecule has 1 atom stereocenters. The van der Waals surface area contributed by atoms with E-state index in [4.69, 9.17) is 9.47 Å². The molecule has 15 heavy (non-hydrogen) atoms. The summed E-state index contributed by atoms with van der Waals surface area (Å²) in [5.41, 5.74) is -1.47. The summed E-state index contributed by atoms with van der Waals surface area (Å²) in [7, 11) is 2.75. The second kappa shape index (κ2) is 4.65. The van der Waals surface area contributed by atoms with Crippen LogP contribution in [0.4, 0.5) is 4.39 Å². The predicted molar refractivity (Wildman–Crippen MR) is 51.6 cm³/mol. The monoisotopic (exact) mass is 215 g/mol. The molecular formula is C10H14FNO3. The molecule has 0 saturated carbocycles. The maximum Gasteiger partial charge on any atom is 0.189 e. The summed E-state index contributed by atoms with van der Waals surface area (Å²) in [4.78, 5) is 3.60. The SMILES string of the molecule is COC(OC)C(C)(O)c1ccncc1F. The number of aromatic nitrogens is 1. The summed E-state index contributed by atoms with van der Waals surface area (Å²) in [6.07, 6.45) is 1.50. The van der Waals surface area contributed by atoms with Gasteiger partial charge in [-0.1, -0.05) is 0 Å². The van der Waals surface area contributed by atoms with Gasteiger partial charge in [-0.3, -0.25) is 4.98 Å². The molecule has 0 aliphatic carbocycles. The molecule has 0 spiro atoms. The zero-order valence-corrected chi connectivity index (χ0v) is 8.90. The molecular weight excluding hydrogens is 201 g/mol. The summed E-state index contributed by atoms with van der Waals surface area (Å²) in [6.45, 7) is 1.42. The third kappa shape index (κ3) is 2.31. The van der Waals surface area contributed by atoms with E-state index in [-0.39, 0.29) is 5.56 Å². The maximum atomic E-state index is 13.4. The molecule has 5 heteroatoms. The molecule has 0 fully saturated rings. The van der Waals surface area contributed by atoms with E-state index in [1.54, 1.807) is 0 Å². The highest BCUT2D eigenvalue weighted by Crippen LogP contribution is 2.28. The van der Waals surface area contributed by atoms with Crippen molar-refractivity contribution in [2.75, 3.05) is 14.2 Å². The number of halogens is 1. The van der Waals surface area contributed by atoms with Crippen molar-refractivity contribution in [1.82, 2.24) is 4.98 Å². The average Bonchev–Trinajstić information content (AvgIpc) is 2.19. The number of hydrogen-bond donors (Lipinski definition) is 1. The van der Waals surface area contributed by atoms with Gasteiger partial charge >= 0.3 is 0 Å². The Kier molecular flexibility index (Phi) is 3.73. The Morgan fingerprint density at radius 3 is 2.53 bits per heavy atom. The molecule has 0 aliphatic rings. The van der Waals surface area contributed by atoms with Crippen molar-refractivity contribution in [3.63, 3.8) is 0 Å². The van der Waals surface area contributed by atoms with Crippen molar-refractivity contribution in [3.8, 4) is 0 Å². The highest BCUT2D eigenvalue weighted by Gasteiger charge is 2.36. The Balaban J connectivity index is 3.09. The van der Waals surface area contributed by atoms with Crippen LogP contribution in [0, 0.1) is 5.82 Å². The summed E-state index contributed by atoms with van der Waals surface area (Å²) in [5.74, 6) is -0.596. The zero-order chi connectivity index (χ0) is 11.5. The van der Waals surface area contributed by atoms with Crippen LogP contribution in [0.2, 0.25) is 0 Å². The predicted octanol–water partition coefficient (Wildman–Crippen LogP) is 1.05. The fourth-order valence-corrected chi connectivity index (χ4v) is 1.47. The highest BCUT2D eigenvalue weighted by atomic mass is 19.1. The Labute approximate surface area is 87.7 Å². The van der Waals surface area contributed by atoms with Crippen LogP contribution in [-0.4, -0.2) is 30.6 Å². The lowest BCUT2D eigenvalue weighted by molar-refractivity contribution is -0.214. The van der Waals surface area contributed by atoms with Crippen LogP contribution < -0.4 is 0 Å². The molecule has 0 bridgehead atoms. The van der Waals surface area contributed by atoms with Gasteiger partial charge < -0.3 is 14.6 Å². The number of aliphatic hydroxyl groups is 1. The minimum Gasteiger partial charge on any atom is -0.380 e. The van der Waals surface area contributed by atoms with E-state index < -0.39 is 17.7 Å². The highest BCUT2D eigenvalue weighted by molar-refractivity contribution is 5.21. The van der Waals surface area contributed by atoms with Gasteiger partial charge in [0.05, 0.1) is 6.20 Å². The lowest BCUT2D eigenvalue weighted by Crippen LogP contribution is -2.40. The van der Waals surface area contributed by atoms with Crippen molar-refractivity contribution in [2.24, 2.45) is 0 Å². The number of pyridine rings is 1. The van der Waals surface area contributed by atoms with E-state index in [2.05, 4.69) is 4.98 Å². The summed E-state index contributed by atoms with van der Waals surface area (Å²) >= 11 is 0. The molecule has 0 saturated heterocycles. The first-order chi connectivity index (χ1) is 7.04. The fraction of sp³-hybridized carbons (Fsp3) is 0.500. The smallest absolute Gasteiger partial charge is 0.189 e. The van der Waals surface area contributed by atoms with Crippen molar-refractivity contribution in [2.45, 2.75) is 18.8 Å². The number of rotatable bonds is 4. The van der Waals surface area contributed by atoms with Gasteiger partial charge in [-0.25, -0.2) is 4.39 Å². The molecule has 1 N–H and O–H groups in total. The maximum absolute atomic E-state index is 13.4. The van der Waals surface area contributed by atoms with Gasteiger partial charge in [-0.15, -0.1) is 0 Å². The molecule has 84 valence electrons. The van der Waals surface area contributed by atoms with E-state index in [9.17, 15) is 9.50 Å². The molecule has 1 unspecified atom stereocenters. The van der Waals surface area contributed by atoms with Crippen LogP contribution in [0.3, 0.4) is 0 Å². The van der Waals surface area contributed by atoms with Gasteiger partial charge in [0, 0.05) is 26.0 Å². The Hall–Kier alpha value is -1.04. The number of hydrogen-bond acceptors (Lipinski definition) is 4. The molecule has 0 amide bonds. The standard InChI is InChI=1S/C10H14FNO3/c1-10(13,9(14-2)15-3)7-4-5-12-6-8(7)11/h4-6,9,13H,1-3H3. The van der Waals surface area contributed by atoms with Crippen molar-refractivity contribution in [1.29, 1.82) is 0 Å². The first-order valence-corrected chi connectivity index (χ1v) is 4.42. The van der Waals surface area contributed by atoms with Gasteiger partial charge in [0.15, 0.2) is 6.29 Å². The van der Waals surface area contributed by atoms with Crippen molar-refractivity contribution in [3.05, 3.63) is 29.8 Å². The van der Waals surface area contributed by atoms with E-state index >= 15 is 0 Å². The Bertz CT molecular complexity index is 326. The quantitative estimate of drug-likeness (QED) is 0.763. The van der Waals surface area contributed by atoms with Crippen LogP contribution in [0.1, 0.15) is 12.5 Å². The Morgan fingerprint density at radius 2 is 2.07 bits per heavy atom. The first-order valence-electron chi connectivity index (χ1n) is 4.42. The minimum atomic E-state index is -1.56. The normalized spacial score (nSPS) is 15.3. The van der Waals surface area contributed by atoms with E-state index in [1.807, 2.05) is 0 Å². The Morgan fingerprint density at radius 1 is 1.47 bits per heavy atom. The third-order valence-electron chi connectivity index (χ3n) is 2.20. The van der Waals surface area contributed by atoms with Crippen LogP contribution in [0.25, 0.3) is 0 Å². The average molecular weight is 215 g/mol. The molecule has 1 heterocycles. The molecule has 1 rings (SSSR count). The fourth-order valence-electron chi connectivity index (χ4n) is 1.47. The largest absolute Gasteiger partial charge is 0.380 e. The molecule has 1 aromatic rings.